The van der Waals surface area contributed by atoms with Crippen LogP contribution >= 0.6 is 0 Å². The summed E-state index contributed by atoms with van der Waals surface area (Å²) in [4.78, 5) is 0. The van der Waals surface area contributed by atoms with Gasteiger partial charge in [0.05, 0.1) is 0 Å². The van der Waals surface area contributed by atoms with E-state index in [4.69, 9.17) is 4.43 Å². The zero-order valence-corrected chi connectivity index (χ0v) is 10.5. The van der Waals surface area contributed by atoms with Crippen molar-refractivity contribution in [3.05, 3.63) is 0 Å². The van der Waals surface area contributed by atoms with Crippen molar-refractivity contribution in [2.24, 2.45) is 35.5 Å². The quantitative estimate of drug-likeness (QED) is 0.683. The van der Waals surface area contributed by atoms with Crippen LogP contribution in [-0.2, 0) is 4.43 Å². The average molecular weight is 248 g/mol. The number of rotatable bonds is 2. The molecule has 0 aliphatic heterocycles. The molecule has 90 valence electrons. The molecule has 0 spiro atoms. The van der Waals surface area contributed by atoms with Crippen LogP contribution in [0.5, 0.6) is 0 Å². The first kappa shape index (κ1) is 9.94. The lowest BCUT2D eigenvalue weighted by Crippen LogP contribution is -2.55. The zero-order valence-electron chi connectivity index (χ0n) is 9.51. The Kier molecular flexibility index (Phi) is 1.33. The van der Waals surface area contributed by atoms with Crippen LogP contribution in [0.25, 0.3) is 0 Å². The maximum Gasteiger partial charge on any atom is 0.416 e. The second-order valence-electron chi connectivity index (χ2n) is 6.87. The van der Waals surface area contributed by atoms with E-state index in [1.54, 1.807) is 0 Å². The Balaban J connectivity index is 1.76. The molecular weight excluding hydrogens is 233 g/mol. The highest BCUT2D eigenvalue weighted by atomic mass is 28.4. The van der Waals surface area contributed by atoms with Crippen molar-refractivity contribution >= 4 is 8.32 Å². The minimum Gasteiger partial charge on any atom is -0.403 e. The predicted octanol–water partition coefficient (Wildman–Crippen LogP) is 2.89. The largest absolute Gasteiger partial charge is 0.416 e. The van der Waals surface area contributed by atoms with Crippen molar-refractivity contribution in [3.8, 4) is 0 Å². The van der Waals surface area contributed by atoms with E-state index in [1.165, 1.54) is 0 Å². The molecule has 0 saturated heterocycles. The number of hydrogen-bond donors (Lipinski definition) is 0. The highest BCUT2D eigenvalue weighted by molar-refractivity contribution is 6.69. The lowest BCUT2D eigenvalue weighted by atomic mass is 9.97. The van der Waals surface area contributed by atoms with Gasteiger partial charge in [-0.2, -0.15) is 13.2 Å². The van der Waals surface area contributed by atoms with Gasteiger partial charge in [0.25, 0.3) is 0 Å². The second-order valence-corrected chi connectivity index (χ2v) is 11.3. The summed E-state index contributed by atoms with van der Waals surface area (Å²) in [7, 11) is -2.14. The third-order valence-electron chi connectivity index (χ3n) is 5.06. The Morgan fingerprint density at radius 2 is 1.31 bits per heavy atom. The third-order valence-corrected chi connectivity index (χ3v) is 6.01. The number of alkyl halides is 3. The summed E-state index contributed by atoms with van der Waals surface area (Å²) in [6, 6.07) is 0. The molecule has 0 atom stereocenters. The van der Waals surface area contributed by atoms with Gasteiger partial charge in [0.1, 0.15) is 0 Å². The van der Waals surface area contributed by atoms with E-state index in [1.807, 2.05) is 19.6 Å². The normalized spacial score (nSPS) is 60.4. The fraction of sp³-hybridized carbons (Fsp3) is 1.00. The first-order valence-electron chi connectivity index (χ1n) is 5.97. The highest BCUT2D eigenvalue weighted by Crippen LogP contribution is 2.97. The second kappa shape index (κ2) is 2.14. The summed E-state index contributed by atoms with van der Waals surface area (Å²) >= 11 is 0. The van der Waals surface area contributed by atoms with Gasteiger partial charge in [0.15, 0.2) is 13.9 Å². The van der Waals surface area contributed by atoms with Crippen molar-refractivity contribution in [1.82, 2.24) is 0 Å². The van der Waals surface area contributed by atoms with E-state index in [2.05, 4.69) is 0 Å². The standard InChI is InChI=1S/C11H15F3OSi/c1-16(2,3)15-10(11(12,13)14)8-4-5(8)7-6(4)9(7)10/h4-9H,1-3H3. The van der Waals surface area contributed by atoms with E-state index in [9.17, 15) is 13.2 Å². The van der Waals surface area contributed by atoms with Gasteiger partial charge < -0.3 is 4.43 Å². The molecule has 0 N–H and O–H groups in total. The average Bonchev–Trinajstić information content (AvgIpc) is 2.71. The Morgan fingerprint density at radius 3 is 1.56 bits per heavy atom. The summed E-state index contributed by atoms with van der Waals surface area (Å²) in [6.45, 7) is 5.59. The summed E-state index contributed by atoms with van der Waals surface area (Å²) in [5.74, 6) is 1.19. The molecule has 5 rings (SSSR count). The van der Waals surface area contributed by atoms with Gasteiger partial charge in [-0.1, -0.05) is 0 Å². The fourth-order valence-electron chi connectivity index (χ4n) is 5.00. The van der Waals surface area contributed by atoms with E-state index in [-0.39, 0.29) is 11.8 Å². The minimum atomic E-state index is -4.16. The van der Waals surface area contributed by atoms with Crippen molar-refractivity contribution in [3.63, 3.8) is 0 Å². The van der Waals surface area contributed by atoms with Crippen molar-refractivity contribution in [2.45, 2.75) is 31.4 Å². The lowest BCUT2D eigenvalue weighted by molar-refractivity contribution is -0.262. The molecule has 5 saturated carbocycles. The maximum atomic E-state index is 13.4. The molecule has 0 heterocycles. The summed E-state index contributed by atoms with van der Waals surface area (Å²) < 4.78 is 45.9. The van der Waals surface area contributed by atoms with E-state index in [0.717, 1.165) is 0 Å². The van der Waals surface area contributed by atoms with Crippen molar-refractivity contribution in [1.29, 1.82) is 0 Å². The Bertz CT molecular complexity index is 342. The fourth-order valence-corrected chi connectivity index (χ4v) is 6.40. The van der Waals surface area contributed by atoms with E-state index >= 15 is 0 Å². The number of hydrogen-bond acceptors (Lipinski definition) is 1. The van der Waals surface area contributed by atoms with Crippen molar-refractivity contribution < 1.29 is 17.6 Å². The van der Waals surface area contributed by atoms with Gasteiger partial charge in [-0.25, -0.2) is 0 Å². The van der Waals surface area contributed by atoms with Gasteiger partial charge in [-0.05, 0) is 43.3 Å². The topological polar surface area (TPSA) is 9.23 Å². The van der Waals surface area contributed by atoms with Crippen molar-refractivity contribution in [2.75, 3.05) is 0 Å². The summed E-state index contributed by atoms with van der Waals surface area (Å²) in [5.41, 5.74) is -1.72. The van der Waals surface area contributed by atoms with Crippen LogP contribution < -0.4 is 0 Å². The first-order valence-corrected chi connectivity index (χ1v) is 9.38. The third kappa shape index (κ3) is 0.777. The Morgan fingerprint density at radius 1 is 0.938 bits per heavy atom. The van der Waals surface area contributed by atoms with Crippen LogP contribution in [0, 0.1) is 35.5 Å². The summed E-state index contributed by atoms with van der Waals surface area (Å²) in [6.07, 6.45) is -4.16. The number of halogens is 3. The smallest absolute Gasteiger partial charge is 0.403 e. The molecule has 5 aliphatic carbocycles. The molecule has 0 aromatic heterocycles. The molecule has 0 amide bonds. The lowest BCUT2D eigenvalue weighted by Gasteiger charge is -2.39. The highest BCUT2D eigenvalue weighted by Gasteiger charge is 3.01. The van der Waals surface area contributed by atoms with Crippen LogP contribution in [0.1, 0.15) is 0 Å². The first-order chi connectivity index (χ1) is 7.20. The maximum absolute atomic E-state index is 13.4. The molecule has 0 radical (unpaired) electrons. The summed E-state index contributed by atoms with van der Waals surface area (Å²) in [5, 5.41) is 0. The molecule has 16 heavy (non-hydrogen) atoms. The molecule has 1 nitrogen and oxygen atoms in total. The SMILES string of the molecule is C[Si](C)(C)OC1(C(F)(F)F)C2C3C2C2C3C21. The van der Waals surface area contributed by atoms with Gasteiger partial charge in [-0.3, -0.25) is 0 Å². The monoisotopic (exact) mass is 248 g/mol. The Hall–Kier alpha value is -0.0331. The van der Waals surface area contributed by atoms with E-state index < -0.39 is 20.1 Å². The molecule has 0 aromatic carbocycles. The van der Waals surface area contributed by atoms with Crippen LogP contribution in [0.3, 0.4) is 0 Å². The van der Waals surface area contributed by atoms with Gasteiger partial charge >= 0.3 is 6.18 Å². The molecule has 0 unspecified atom stereocenters. The van der Waals surface area contributed by atoms with Gasteiger partial charge in [0.2, 0.25) is 0 Å². The van der Waals surface area contributed by atoms with Crippen LogP contribution in [0.4, 0.5) is 13.2 Å². The predicted molar refractivity (Wildman–Crippen MR) is 54.2 cm³/mol. The molecule has 5 fully saturated rings. The minimum absolute atomic E-state index is 0.167. The molecule has 2 bridgehead atoms. The zero-order chi connectivity index (χ0) is 11.7. The van der Waals surface area contributed by atoms with Crippen LogP contribution in [0.2, 0.25) is 19.6 Å². The molecule has 5 aliphatic rings. The van der Waals surface area contributed by atoms with Gasteiger partial charge in [0, 0.05) is 11.8 Å². The molecule has 0 aromatic rings. The molecule has 5 heteroatoms. The van der Waals surface area contributed by atoms with Crippen LogP contribution in [0.15, 0.2) is 0 Å². The van der Waals surface area contributed by atoms with Crippen LogP contribution in [-0.4, -0.2) is 20.1 Å². The van der Waals surface area contributed by atoms with Gasteiger partial charge in [-0.15, -0.1) is 0 Å². The Labute approximate surface area is 93.5 Å². The van der Waals surface area contributed by atoms with E-state index in [0.29, 0.717) is 23.7 Å². The molecular formula is C11H15F3OSi.